The predicted molar refractivity (Wildman–Crippen MR) is 75.5 cm³/mol. The Hall–Kier alpha value is -1.55. The second kappa shape index (κ2) is 7.79. The minimum atomic E-state index is -0.497. The highest BCUT2D eigenvalue weighted by atomic mass is 16.5. The molecule has 0 aromatic heterocycles. The van der Waals surface area contributed by atoms with Crippen molar-refractivity contribution in [3.8, 4) is 5.75 Å². The van der Waals surface area contributed by atoms with E-state index in [1.165, 1.54) is 0 Å². The summed E-state index contributed by atoms with van der Waals surface area (Å²) in [6, 6.07) is 5.97. The van der Waals surface area contributed by atoms with Crippen LogP contribution in [0.25, 0.3) is 0 Å². The molecular formula is C15H23NO3. The lowest BCUT2D eigenvalue weighted by molar-refractivity contribution is -0.127. The Bertz CT molecular complexity index is 418. The van der Waals surface area contributed by atoms with Crippen LogP contribution in [0.3, 0.4) is 0 Å². The Morgan fingerprint density at radius 1 is 1.37 bits per heavy atom. The van der Waals surface area contributed by atoms with Gasteiger partial charge in [-0.05, 0) is 44.4 Å². The van der Waals surface area contributed by atoms with E-state index in [9.17, 15) is 4.79 Å². The number of methoxy groups -OCH3 is 1. The molecule has 1 rings (SSSR count). The molecule has 0 aliphatic carbocycles. The van der Waals surface area contributed by atoms with Crippen molar-refractivity contribution in [2.45, 2.75) is 33.3 Å². The zero-order chi connectivity index (χ0) is 14.3. The van der Waals surface area contributed by atoms with Gasteiger partial charge in [0, 0.05) is 20.3 Å². The maximum atomic E-state index is 11.8. The smallest absolute Gasteiger partial charge is 0.260 e. The van der Waals surface area contributed by atoms with E-state index in [1.807, 2.05) is 32.0 Å². The fraction of sp³-hybridized carbons (Fsp3) is 0.533. The topological polar surface area (TPSA) is 47.6 Å². The third-order valence-corrected chi connectivity index (χ3v) is 2.84. The number of carbonyl (C=O) groups excluding carboxylic acids is 1. The van der Waals surface area contributed by atoms with Gasteiger partial charge in [-0.1, -0.05) is 12.1 Å². The summed E-state index contributed by atoms with van der Waals surface area (Å²) < 4.78 is 10.6. The number of amides is 1. The van der Waals surface area contributed by atoms with Crippen molar-refractivity contribution in [1.82, 2.24) is 5.32 Å². The van der Waals surface area contributed by atoms with Gasteiger partial charge in [0.05, 0.1) is 0 Å². The first-order chi connectivity index (χ1) is 9.04. The summed E-state index contributed by atoms with van der Waals surface area (Å²) in [4.78, 5) is 11.8. The van der Waals surface area contributed by atoms with E-state index in [0.717, 1.165) is 23.3 Å². The number of carbonyl (C=O) groups is 1. The summed E-state index contributed by atoms with van der Waals surface area (Å²) in [5, 5.41) is 2.83. The average Bonchev–Trinajstić information content (AvgIpc) is 2.38. The van der Waals surface area contributed by atoms with Crippen LogP contribution in [0.2, 0.25) is 0 Å². The van der Waals surface area contributed by atoms with E-state index in [4.69, 9.17) is 9.47 Å². The van der Waals surface area contributed by atoms with Crippen LogP contribution in [-0.2, 0) is 9.53 Å². The van der Waals surface area contributed by atoms with Crippen molar-refractivity contribution in [2.24, 2.45) is 0 Å². The van der Waals surface area contributed by atoms with E-state index in [2.05, 4.69) is 5.32 Å². The van der Waals surface area contributed by atoms with Gasteiger partial charge in [0.1, 0.15) is 5.75 Å². The molecule has 106 valence electrons. The summed E-state index contributed by atoms with van der Waals surface area (Å²) in [5.41, 5.74) is 2.15. The van der Waals surface area contributed by atoms with Crippen LogP contribution in [0, 0.1) is 13.8 Å². The zero-order valence-electron chi connectivity index (χ0n) is 12.2. The number of ether oxygens (including phenoxy) is 2. The van der Waals surface area contributed by atoms with Crippen molar-refractivity contribution in [3.63, 3.8) is 0 Å². The molecule has 0 bridgehead atoms. The lowest BCUT2D eigenvalue weighted by Crippen LogP contribution is -2.37. The minimum absolute atomic E-state index is 0.1000. The highest BCUT2D eigenvalue weighted by Gasteiger charge is 2.14. The first-order valence-electron chi connectivity index (χ1n) is 6.55. The number of rotatable bonds is 7. The molecule has 0 fully saturated rings. The molecule has 4 heteroatoms. The largest absolute Gasteiger partial charge is 0.481 e. The molecule has 1 aromatic carbocycles. The summed E-state index contributed by atoms with van der Waals surface area (Å²) in [5.74, 6) is 0.663. The van der Waals surface area contributed by atoms with E-state index in [1.54, 1.807) is 14.0 Å². The van der Waals surface area contributed by atoms with Crippen LogP contribution in [0.15, 0.2) is 18.2 Å². The first kappa shape index (κ1) is 15.5. The number of nitrogens with one attached hydrogen (secondary N) is 1. The molecule has 0 saturated carbocycles. The fourth-order valence-corrected chi connectivity index (χ4v) is 1.65. The maximum Gasteiger partial charge on any atom is 0.260 e. The van der Waals surface area contributed by atoms with Gasteiger partial charge in [0.2, 0.25) is 0 Å². The molecule has 0 aliphatic rings. The lowest BCUT2D eigenvalue weighted by Gasteiger charge is -2.16. The third kappa shape index (κ3) is 5.30. The normalized spacial score (nSPS) is 12.0. The second-order valence-corrected chi connectivity index (χ2v) is 4.67. The monoisotopic (exact) mass is 265 g/mol. The molecule has 0 aliphatic heterocycles. The Balaban J connectivity index is 2.47. The third-order valence-electron chi connectivity index (χ3n) is 2.84. The van der Waals surface area contributed by atoms with E-state index in [-0.39, 0.29) is 5.91 Å². The van der Waals surface area contributed by atoms with Crippen molar-refractivity contribution >= 4 is 5.91 Å². The van der Waals surface area contributed by atoms with Crippen LogP contribution in [-0.4, -0.2) is 32.3 Å². The number of hydrogen-bond donors (Lipinski definition) is 1. The van der Waals surface area contributed by atoms with Crippen LogP contribution in [0.1, 0.15) is 24.5 Å². The van der Waals surface area contributed by atoms with Crippen molar-refractivity contribution in [2.75, 3.05) is 20.3 Å². The summed E-state index contributed by atoms with van der Waals surface area (Å²) >= 11 is 0. The summed E-state index contributed by atoms with van der Waals surface area (Å²) in [7, 11) is 1.65. The minimum Gasteiger partial charge on any atom is -0.481 e. The Labute approximate surface area is 115 Å². The molecule has 0 spiro atoms. The van der Waals surface area contributed by atoms with Gasteiger partial charge in [0.25, 0.3) is 5.91 Å². The van der Waals surface area contributed by atoms with Gasteiger partial charge in [-0.3, -0.25) is 4.79 Å². The zero-order valence-corrected chi connectivity index (χ0v) is 12.2. The molecule has 1 atom stereocenters. The van der Waals surface area contributed by atoms with Crippen molar-refractivity contribution in [3.05, 3.63) is 29.3 Å². The molecule has 1 aromatic rings. The Morgan fingerprint density at radius 2 is 2.11 bits per heavy atom. The van der Waals surface area contributed by atoms with Crippen molar-refractivity contribution in [1.29, 1.82) is 0 Å². The molecule has 1 amide bonds. The average molecular weight is 265 g/mol. The van der Waals surface area contributed by atoms with Gasteiger partial charge in [-0.2, -0.15) is 0 Å². The second-order valence-electron chi connectivity index (χ2n) is 4.67. The van der Waals surface area contributed by atoms with Gasteiger partial charge in [0.15, 0.2) is 6.10 Å². The highest BCUT2D eigenvalue weighted by Crippen LogP contribution is 2.20. The molecule has 0 radical (unpaired) electrons. The van der Waals surface area contributed by atoms with Crippen LogP contribution < -0.4 is 10.1 Å². The molecule has 19 heavy (non-hydrogen) atoms. The van der Waals surface area contributed by atoms with Crippen LogP contribution in [0.5, 0.6) is 5.75 Å². The standard InChI is InChI=1S/C15H23NO3/c1-11-6-7-12(2)14(10-11)19-13(3)15(17)16-8-5-9-18-4/h6-7,10,13H,5,8-9H2,1-4H3,(H,16,17)/t13-/m1/s1. The summed E-state index contributed by atoms with van der Waals surface area (Å²) in [6.07, 6.45) is 0.307. The highest BCUT2D eigenvalue weighted by molar-refractivity contribution is 5.80. The number of aryl methyl sites for hydroxylation is 2. The Morgan fingerprint density at radius 3 is 2.79 bits per heavy atom. The van der Waals surface area contributed by atoms with Crippen LogP contribution in [0.4, 0.5) is 0 Å². The lowest BCUT2D eigenvalue weighted by atomic mass is 10.1. The molecule has 4 nitrogen and oxygen atoms in total. The number of hydrogen-bond acceptors (Lipinski definition) is 3. The molecule has 0 heterocycles. The molecular weight excluding hydrogens is 242 g/mol. The molecule has 0 saturated heterocycles. The maximum absolute atomic E-state index is 11.8. The van der Waals surface area contributed by atoms with Gasteiger partial charge < -0.3 is 14.8 Å². The van der Waals surface area contributed by atoms with Gasteiger partial charge in [-0.15, -0.1) is 0 Å². The SMILES string of the molecule is COCCCNC(=O)[C@@H](C)Oc1cc(C)ccc1C. The number of benzene rings is 1. The Kier molecular flexibility index (Phi) is 6.36. The van der Waals surface area contributed by atoms with E-state index in [0.29, 0.717) is 13.2 Å². The fourth-order valence-electron chi connectivity index (χ4n) is 1.65. The molecule has 0 unspecified atom stereocenters. The van der Waals surface area contributed by atoms with Crippen molar-refractivity contribution < 1.29 is 14.3 Å². The molecule has 1 N–H and O–H groups in total. The predicted octanol–water partition coefficient (Wildman–Crippen LogP) is 2.22. The van der Waals surface area contributed by atoms with Crippen LogP contribution >= 0.6 is 0 Å². The van der Waals surface area contributed by atoms with Gasteiger partial charge >= 0.3 is 0 Å². The quantitative estimate of drug-likeness (QED) is 0.769. The first-order valence-corrected chi connectivity index (χ1v) is 6.55. The summed E-state index contributed by atoms with van der Waals surface area (Å²) in [6.45, 7) is 6.98. The van der Waals surface area contributed by atoms with Gasteiger partial charge in [-0.25, -0.2) is 0 Å². The van der Waals surface area contributed by atoms with E-state index >= 15 is 0 Å². The van der Waals surface area contributed by atoms with E-state index < -0.39 is 6.10 Å².